The summed E-state index contributed by atoms with van der Waals surface area (Å²) in [5.74, 6) is -2.17. The quantitative estimate of drug-likeness (QED) is 0.527. The Kier molecular flexibility index (Phi) is 5.13. The Hall–Kier alpha value is -2.08. The molecule has 1 aromatic rings. The summed E-state index contributed by atoms with van der Waals surface area (Å²) in [5.41, 5.74) is -0.206. The maximum absolute atomic E-state index is 11.4. The largest absolute Gasteiger partial charge is 0.505 e. The van der Waals surface area contributed by atoms with E-state index in [-0.39, 0.29) is 17.9 Å². The highest BCUT2D eigenvalue weighted by atomic mass is 16.5. The molecule has 0 atom stereocenters. The van der Waals surface area contributed by atoms with Crippen LogP contribution >= 0.6 is 0 Å². The minimum atomic E-state index is -1.26. The fourth-order valence-corrected chi connectivity index (χ4v) is 1.31. The van der Waals surface area contributed by atoms with Gasteiger partial charge in [-0.05, 0) is 18.6 Å². The second-order valence-corrected chi connectivity index (χ2v) is 3.61. The van der Waals surface area contributed by atoms with Gasteiger partial charge in [0.1, 0.15) is 12.2 Å². The molecule has 1 aromatic carbocycles. The third-order valence-electron chi connectivity index (χ3n) is 2.12. The second kappa shape index (κ2) is 6.61. The molecule has 0 saturated heterocycles. The first-order chi connectivity index (χ1) is 8.56. The van der Waals surface area contributed by atoms with Gasteiger partial charge in [0, 0.05) is 6.61 Å². The molecule has 0 heterocycles. The molecule has 0 aromatic heterocycles. The van der Waals surface area contributed by atoms with E-state index >= 15 is 0 Å². The lowest BCUT2D eigenvalue weighted by atomic mass is 10.1. The van der Waals surface area contributed by atoms with Crippen LogP contribution in [0.3, 0.4) is 0 Å². The number of aromatic hydroxyl groups is 1. The summed E-state index contributed by atoms with van der Waals surface area (Å²) in [6, 6.07) is 4.10. The monoisotopic (exact) mass is 253 g/mol. The highest BCUT2D eigenvalue weighted by molar-refractivity contribution is 5.98. The molecule has 0 aliphatic carbocycles. The molecular formula is C12H15NO5. The Morgan fingerprint density at radius 1 is 1.39 bits per heavy atom. The number of benzene rings is 1. The van der Waals surface area contributed by atoms with Crippen LogP contribution in [0.25, 0.3) is 0 Å². The van der Waals surface area contributed by atoms with Gasteiger partial charge in [-0.25, -0.2) is 4.79 Å². The van der Waals surface area contributed by atoms with Crippen molar-refractivity contribution in [1.82, 2.24) is 0 Å². The number of hydrogen-bond donors (Lipinski definition) is 3. The number of ether oxygens (including phenoxy) is 1. The number of anilines is 1. The molecule has 6 heteroatoms. The predicted molar refractivity (Wildman–Crippen MR) is 64.8 cm³/mol. The molecule has 0 aliphatic heterocycles. The van der Waals surface area contributed by atoms with E-state index in [4.69, 9.17) is 9.84 Å². The smallest absolute Gasteiger partial charge is 0.339 e. The molecule has 6 nitrogen and oxygen atoms in total. The molecule has 1 rings (SSSR count). The molecule has 0 spiro atoms. The minimum absolute atomic E-state index is 0.0556. The molecule has 3 N–H and O–H groups in total. The molecule has 18 heavy (non-hydrogen) atoms. The van der Waals surface area contributed by atoms with Crippen molar-refractivity contribution in [3.63, 3.8) is 0 Å². The van der Waals surface area contributed by atoms with Crippen LogP contribution < -0.4 is 5.32 Å². The van der Waals surface area contributed by atoms with E-state index in [0.29, 0.717) is 6.61 Å². The Labute approximate surface area is 104 Å². The summed E-state index contributed by atoms with van der Waals surface area (Å²) < 4.78 is 5.02. The van der Waals surface area contributed by atoms with Crippen LogP contribution in [0, 0.1) is 0 Å². The van der Waals surface area contributed by atoms with Crippen LogP contribution in [0.5, 0.6) is 5.75 Å². The number of carbonyl (C=O) groups is 2. The lowest BCUT2D eigenvalue weighted by molar-refractivity contribution is -0.120. The molecule has 0 unspecified atom stereocenters. The summed E-state index contributed by atoms with van der Waals surface area (Å²) in [6.45, 7) is 2.25. The standard InChI is InChI=1S/C12H15NO5/c1-2-6-18-7-10(14)13-9-5-3-4-8(11(9)15)12(16)17/h3-5,15H,2,6-7H2,1H3,(H,13,14)(H,16,17). The van der Waals surface area contributed by atoms with E-state index in [0.717, 1.165) is 6.42 Å². The second-order valence-electron chi connectivity index (χ2n) is 3.61. The molecule has 0 bridgehead atoms. The van der Waals surface area contributed by atoms with Crippen LogP contribution in [0.2, 0.25) is 0 Å². The zero-order chi connectivity index (χ0) is 13.5. The number of hydrogen-bond acceptors (Lipinski definition) is 4. The van der Waals surface area contributed by atoms with Crippen LogP contribution in [0.4, 0.5) is 5.69 Å². The summed E-state index contributed by atoms with van der Waals surface area (Å²) in [7, 11) is 0. The average Bonchev–Trinajstić information content (AvgIpc) is 2.32. The molecule has 0 fully saturated rings. The van der Waals surface area contributed by atoms with Crippen molar-refractivity contribution >= 4 is 17.6 Å². The van der Waals surface area contributed by atoms with E-state index in [9.17, 15) is 14.7 Å². The van der Waals surface area contributed by atoms with Crippen molar-refractivity contribution in [2.45, 2.75) is 13.3 Å². The number of carboxylic acid groups (broad SMARTS) is 1. The third-order valence-corrected chi connectivity index (χ3v) is 2.12. The van der Waals surface area contributed by atoms with Crippen molar-refractivity contribution in [3.05, 3.63) is 23.8 Å². The minimum Gasteiger partial charge on any atom is -0.505 e. The summed E-state index contributed by atoms with van der Waals surface area (Å²) in [6.07, 6.45) is 0.799. The van der Waals surface area contributed by atoms with Crippen molar-refractivity contribution in [2.75, 3.05) is 18.5 Å². The van der Waals surface area contributed by atoms with Gasteiger partial charge in [-0.3, -0.25) is 4.79 Å². The number of carboxylic acids is 1. The van der Waals surface area contributed by atoms with Crippen molar-refractivity contribution in [2.24, 2.45) is 0 Å². The fraction of sp³-hybridized carbons (Fsp3) is 0.333. The van der Waals surface area contributed by atoms with E-state index in [1.54, 1.807) is 0 Å². The van der Waals surface area contributed by atoms with Crippen molar-refractivity contribution in [1.29, 1.82) is 0 Å². The summed E-state index contributed by atoms with van der Waals surface area (Å²) in [5, 5.41) is 20.8. The van der Waals surface area contributed by atoms with Crippen LogP contribution in [-0.2, 0) is 9.53 Å². The zero-order valence-electron chi connectivity index (χ0n) is 9.97. The average molecular weight is 253 g/mol. The maximum Gasteiger partial charge on any atom is 0.339 e. The van der Waals surface area contributed by atoms with Crippen molar-refractivity contribution < 1.29 is 24.5 Å². The highest BCUT2D eigenvalue weighted by Gasteiger charge is 2.14. The summed E-state index contributed by atoms with van der Waals surface area (Å²) >= 11 is 0. The van der Waals surface area contributed by atoms with Gasteiger partial charge in [-0.2, -0.15) is 0 Å². The van der Waals surface area contributed by atoms with Gasteiger partial charge in [-0.1, -0.05) is 13.0 Å². The van der Waals surface area contributed by atoms with E-state index < -0.39 is 17.6 Å². The van der Waals surface area contributed by atoms with Gasteiger partial charge in [0.05, 0.1) is 5.69 Å². The van der Waals surface area contributed by atoms with Crippen LogP contribution in [0.15, 0.2) is 18.2 Å². The molecular weight excluding hydrogens is 238 g/mol. The lowest BCUT2D eigenvalue weighted by Gasteiger charge is -2.09. The van der Waals surface area contributed by atoms with E-state index in [1.807, 2.05) is 6.92 Å². The Bertz CT molecular complexity index is 444. The van der Waals surface area contributed by atoms with E-state index in [1.165, 1.54) is 18.2 Å². The predicted octanol–water partition coefficient (Wildman–Crippen LogP) is 1.46. The number of phenols is 1. The molecule has 1 amide bonds. The van der Waals surface area contributed by atoms with Gasteiger partial charge in [-0.15, -0.1) is 0 Å². The first kappa shape index (κ1) is 14.0. The zero-order valence-corrected chi connectivity index (χ0v) is 9.97. The van der Waals surface area contributed by atoms with Gasteiger partial charge >= 0.3 is 5.97 Å². The Morgan fingerprint density at radius 2 is 2.11 bits per heavy atom. The Balaban J connectivity index is 2.70. The number of aromatic carboxylic acids is 1. The topological polar surface area (TPSA) is 95.9 Å². The maximum atomic E-state index is 11.4. The van der Waals surface area contributed by atoms with E-state index in [2.05, 4.69) is 5.32 Å². The summed E-state index contributed by atoms with van der Waals surface area (Å²) in [4.78, 5) is 22.2. The fourth-order valence-electron chi connectivity index (χ4n) is 1.31. The van der Waals surface area contributed by atoms with Gasteiger partial charge in [0.15, 0.2) is 5.75 Å². The van der Waals surface area contributed by atoms with Crippen LogP contribution in [0.1, 0.15) is 23.7 Å². The normalized spacial score (nSPS) is 10.1. The Morgan fingerprint density at radius 3 is 2.72 bits per heavy atom. The van der Waals surface area contributed by atoms with Crippen LogP contribution in [-0.4, -0.2) is 35.3 Å². The lowest BCUT2D eigenvalue weighted by Crippen LogP contribution is -2.19. The number of nitrogens with one attached hydrogen (secondary N) is 1. The highest BCUT2D eigenvalue weighted by Crippen LogP contribution is 2.27. The molecule has 0 aliphatic rings. The van der Waals surface area contributed by atoms with Gasteiger partial charge < -0.3 is 20.3 Å². The number of amides is 1. The third kappa shape index (κ3) is 3.74. The molecule has 0 radical (unpaired) electrons. The molecule has 98 valence electrons. The number of para-hydroxylation sites is 1. The number of rotatable bonds is 6. The van der Waals surface area contributed by atoms with Crippen molar-refractivity contribution in [3.8, 4) is 5.75 Å². The number of carbonyl (C=O) groups excluding carboxylic acids is 1. The first-order valence-corrected chi connectivity index (χ1v) is 5.49. The molecule has 0 saturated carbocycles. The first-order valence-electron chi connectivity index (χ1n) is 5.49. The van der Waals surface area contributed by atoms with Gasteiger partial charge in [0.25, 0.3) is 0 Å². The SMILES string of the molecule is CCCOCC(=O)Nc1cccc(C(=O)O)c1O. The van der Waals surface area contributed by atoms with Gasteiger partial charge in [0.2, 0.25) is 5.91 Å².